The summed E-state index contributed by atoms with van der Waals surface area (Å²) >= 11 is 0. The first kappa shape index (κ1) is 107. The van der Waals surface area contributed by atoms with Crippen LogP contribution in [0.2, 0.25) is 0 Å². The quantitative estimate of drug-likeness (QED) is 0.0130. The molecule has 12 amide bonds. The van der Waals surface area contributed by atoms with Crippen molar-refractivity contribution in [1.82, 2.24) is 66.2 Å². The molecule has 1 fully saturated rings. The largest absolute Gasteiger partial charge is 0.343 e. The molecule has 27 heteroatoms. The van der Waals surface area contributed by atoms with Crippen LogP contribution >= 0.6 is 7.26 Å². The molecule has 0 aliphatic carbocycles. The Labute approximate surface area is 754 Å². The topological polar surface area (TPSA) is 320 Å². The van der Waals surface area contributed by atoms with E-state index < -0.39 is 163 Å². The smallest absolute Gasteiger partial charge is 0.246 e. The van der Waals surface area contributed by atoms with Gasteiger partial charge in [0.05, 0.1) is 6.10 Å². The molecule has 13 atom stereocenters. The van der Waals surface area contributed by atoms with Gasteiger partial charge in [-0.25, -0.2) is 0 Å². The second kappa shape index (κ2) is 52.2. The molecule has 0 spiro atoms. The van der Waals surface area contributed by atoms with Crippen molar-refractivity contribution in [2.24, 2.45) is 41.4 Å². The number of nitrogens with zero attached hydrogens (tertiary/aromatic N) is 7. The standard InChI is InChI=1S/C99H156N13O13P/c1-25-27-44-70(15)87(113)86-92(118)104-78(26-2)94(120)109(21)83(63-73-51-53-74(54-52-73)89(115)101-57-42-29-28-40-55-100-56-41-33-43-58-126(75-45-34-30-35-46-75,76-47-36-31-37-48-76)77-49-38-32-39-50-77)96(122)106(18)80(60-65(5)6)91(117)105-84(68(11)12)98(124)107(19)79(59-64(3)4)90(116)102-71(16)88(114)103-72(17)93(119)108(20)81(61-66(7)8)95(121)110(22)82(62-67(9)10)97(123)111(23)85(69(13)14)99(125)112(86)24/h25,27,30-32,34-39,45-54,64-72,78-87,100,113,126H,26,28-29,33,40-44,55-63H2,1-24H3,(H,101,115)(H,102,116)(H,103,114)(H,104,118)(H,105,117)/b27-25+/t70-,71+,72-,78+,79+,80+,81+,82+,83?,84+,85+,86+,87-/m1/s1. The van der Waals surface area contributed by atoms with Gasteiger partial charge in [0.15, 0.2) is 0 Å². The maximum atomic E-state index is 15.9. The normalized spacial score (nSPS) is 22.7. The van der Waals surface area contributed by atoms with Crippen molar-refractivity contribution in [2.75, 3.05) is 75.1 Å². The molecule has 1 aliphatic heterocycles. The van der Waals surface area contributed by atoms with Gasteiger partial charge in [-0.15, -0.1) is 0 Å². The minimum absolute atomic E-state index is 0.0620. The fourth-order valence-corrected chi connectivity index (χ4v) is 22.0. The van der Waals surface area contributed by atoms with Crippen LogP contribution in [0.5, 0.6) is 0 Å². The SMILES string of the molecule is C/C=C/C[C@@H](C)[C@@H](O)[C@H]1C(=O)N[C@@H](CC)C(=O)N(C)C(Cc2ccc(C(=O)NCCCCCCNCCCCC[PH](c3ccccc3)(c3ccccc3)c3ccccc3)cc2)C(=O)N(C)[C@@H](CC(C)C)C(=O)N[C@@H](C(C)C)C(=O)N(C)[C@@H](CC(C)C)C(=O)N[C@@H](C)C(=O)N[C@H](C)C(=O)N(C)[C@@H](CC(C)C)C(=O)N(C)[C@@H](CC(C)C)C(=O)N(C)[C@@H](C(C)C)C(=O)N1C. The van der Waals surface area contributed by atoms with E-state index in [9.17, 15) is 24.3 Å². The molecule has 700 valence electrons. The van der Waals surface area contributed by atoms with Crippen LogP contribution in [0.15, 0.2) is 127 Å². The molecule has 0 radical (unpaired) electrons. The zero-order valence-electron chi connectivity index (χ0n) is 80.3. The van der Waals surface area contributed by atoms with E-state index >= 15 is 38.4 Å². The van der Waals surface area contributed by atoms with E-state index in [1.54, 1.807) is 78.8 Å². The number of hydrogen-bond donors (Lipinski definition) is 7. The molecule has 26 nitrogen and oxygen atoms in total. The Hall–Kier alpha value is -9.39. The monoisotopic (exact) mass is 1770 g/mol. The van der Waals surface area contributed by atoms with E-state index in [4.69, 9.17) is 0 Å². The Balaban J connectivity index is 1.49. The van der Waals surface area contributed by atoms with E-state index in [-0.39, 0.29) is 74.5 Å². The van der Waals surface area contributed by atoms with Crippen LogP contribution in [-0.2, 0) is 59.2 Å². The third-order valence-corrected chi connectivity index (χ3v) is 29.9. The van der Waals surface area contributed by atoms with Crippen LogP contribution in [0.1, 0.15) is 217 Å². The Bertz CT molecular complexity index is 4070. The third-order valence-electron chi connectivity index (χ3n) is 24.8. The first-order valence-electron chi connectivity index (χ1n) is 46.1. The average molecular weight is 1770 g/mol. The van der Waals surface area contributed by atoms with Crippen molar-refractivity contribution < 1.29 is 62.6 Å². The summed E-state index contributed by atoms with van der Waals surface area (Å²) in [7, 11) is 7.73. The molecule has 0 aromatic heterocycles. The fourth-order valence-electron chi connectivity index (χ4n) is 17.1. The van der Waals surface area contributed by atoms with Crippen molar-refractivity contribution in [1.29, 1.82) is 0 Å². The minimum atomic E-state index is -2.27. The number of rotatable bonds is 34. The molecule has 1 aliphatic rings. The van der Waals surface area contributed by atoms with Gasteiger partial charge < -0.3 is 66.0 Å². The molecule has 5 rings (SSSR count). The first-order valence-corrected chi connectivity index (χ1v) is 48.3. The molecule has 1 saturated heterocycles. The van der Waals surface area contributed by atoms with Crippen molar-refractivity contribution >= 4 is 94.1 Å². The van der Waals surface area contributed by atoms with Gasteiger partial charge in [0.2, 0.25) is 65.0 Å². The molecule has 0 saturated carbocycles. The van der Waals surface area contributed by atoms with Crippen LogP contribution in [0.3, 0.4) is 0 Å². The van der Waals surface area contributed by atoms with E-state index in [0.29, 0.717) is 17.7 Å². The van der Waals surface area contributed by atoms with Gasteiger partial charge in [0.25, 0.3) is 5.91 Å². The fraction of sp³-hybridized carbons (Fsp3) is 0.616. The Morgan fingerprint density at radius 1 is 0.421 bits per heavy atom. The molecular weight excluding hydrogens is 1610 g/mol. The number of hydrogen-bond acceptors (Lipinski definition) is 14. The number of carbonyl (C=O) groups is 12. The van der Waals surface area contributed by atoms with E-state index in [2.05, 4.69) is 123 Å². The van der Waals surface area contributed by atoms with E-state index in [1.807, 2.05) is 61.5 Å². The molecule has 126 heavy (non-hydrogen) atoms. The van der Waals surface area contributed by atoms with E-state index in [1.165, 1.54) is 108 Å². The predicted molar refractivity (Wildman–Crippen MR) is 506 cm³/mol. The summed E-state index contributed by atoms with van der Waals surface area (Å²) in [6, 6.07) is 25.3. The van der Waals surface area contributed by atoms with Crippen LogP contribution in [0.4, 0.5) is 0 Å². The Morgan fingerprint density at radius 3 is 1.29 bits per heavy atom. The van der Waals surface area contributed by atoms with Gasteiger partial charge in [0.1, 0.15) is 66.5 Å². The van der Waals surface area contributed by atoms with Crippen molar-refractivity contribution in [3.63, 3.8) is 0 Å². The van der Waals surface area contributed by atoms with Crippen LogP contribution in [-0.4, -0.2) is 258 Å². The van der Waals surface area contributed by atoms with Crippen molar-refractivity contribution in [2.45, 2.75) is 280 Å². The summed E-state index contributed by atoms with van der Waals surface area (Å²) in [5, 5.41) is 34.8. The predicted octanol–water partition coefficient (Wildman–Crippen LogP) is 9.66. The van der Waals surface area contributed by atoms with Crippen LogP contribution < -0.4 is 47.8 Å². The second-order valence-corrected chi connectivity index (χ2v) is 41.5. The summed E-state index contributed by atoms with van der Waals surface area (Å²) in [6.07, 6.45) is 10.6. The number of allylic oxidation sites excluding steroid dienone is 2. The second-order valence-electron chi connectivity index (χ2n) is 37.4. The van der Waals surface area contributed by atoms with E-state index in [0.717, 1.165) is 69.1 Å². The maximum absolute atomic E-state index is 15.9. The van der Waals surface area contributed by atoms with Crippen molar-refractivity contribution in [3.8, 4) is 0 Å². The van der Waals surface area contributed by atoms with Crippen LogP contribution in [0, 0.1) is 41.4 Å². The van der Waals surface area contributed by atoms with Gasteiger partial charge in [-0.05, 0) is 118 Å². The minimum Gasteiger partial charge on any atom is -0.343 e. The number of aliphatic hydroxyl groups is 1. The van der Waals surface area contributed by atoms with Crippen LogP contribution in [0.25, 0.3) is 0 Å². The van der Waals surface area contributed by atoms with Gasteiger partial charge >= 0.3 is 190 Å². The molecule has 4 aromatic rings. The zero-order chi connectivity index (χ0) is 94.1. The molecular formula is C99H156N13O13P. The summed E-state index contributed by atoms with van der Waals surface area (Å²) in [6.45, 7) is 32.2. The number of unbranched alkanes of at least 4 members (excludes halogenated alkanes) is 5. The number of carbonyl (C=O) groups excluding carboxylic acids is 12. The molecule has 1 unspecified atom stereocenters. The van der Waals surface area contributed by atoms with Gasteiger partial charge in [-0.3, -0.25) is 57.5 Å². The first-order chi connectivity index (χ1) is 59.5. The Morgan fingerprint density at radius 2 is 0.825 bits per heavy atom. The summed E-state index contributed by atoms with van der Waals surface area (Å²) in [5.74, 6) is -10.8. The number of likely N-dealkylation sites (N-methyl/N-ethyl adjacent to an activating group) is 7. The third kappa shape index (κ3) is 30.1. The van der Waals surface area contributed by atoms with Gasteiger partial charge in [-0.2, -0.15) is 0 Å². The average Bonchev–Trinajstić information content (AvgIpc) is 0.749. The summed E-state index contributed by atoms with van der Waals surface area (Å²) < 4.78 is 0. The van der Waals surface area contributed by atoms with Gasteiger partial charge in [0, 0.05) is 61.3 Å². The number of aliphatic hydroxyl groups excluding tert-OH is 1. The zero-order valence-corrected chi connectivity index (χ0v) is 81.3. The molecule has 4 aromatic carbocycles. The van der Waals surface area contributed by atoms with Gasteiger partial charge in [-0.1, -0.05) is 121 Å². The maximum Gasteiger partial charge on any atom is 0.246 e. The molecule has 0 bridgehead atoms. The Kier molecular flexibility index (Phi) is 44.4. The summed E-state index contributed by atoms with van der Waals surface area (Å²) in [5.41, 5.74) is 0.883. The van der Waals surface area contributed by atoms with Crippen molar-refractivity contribution in [3.05, 3.63) is 139 Å². The number of amides is 12. The number of nitrogens with one attached hydrogen (secondary N) is 6. The molecule has 1 heterocycles. The molecule has 7 N–H and O–H groups in total. The number of benzene rings is 4. The summed E-state index contributed by atoms with van der Waals surface area (Å²) in [4.78, 5) is 190.